The zero-order valence-corrected chi connectivity index (χ0v) is 21.0. The molecule has 2 heterocycles. The third kappa shape index (κ3) is 5.74. The number of hydrogen-bond donors (Lipinski definition) is 1. The zero-order valence-electron chi connectivity index (χ0n) is 21.0. The van der Waals surface area contributed by atoms with Crippen molar-refractivity contribution in [2.75, 3.05) is 26.7 Å². The predicted molar refractivity (Wildman–Crippen MR) is 139 cm³/mol. The van der Waals surface area contributed by atoms with Crippen LogP contribution in [0.2, 0.25) is 0 Å². The van der Waals surface area contributed by atoms with Crippen molar-refractivity contribution in [3.05, 3.63) is 84.1 Å². The van der Waals surface area contributed by atoms with Crippen LogP contribution >= 0.6 is 0 Å². The summed E-state index contributed by atoms with van der Waals surface area (Å²) < 4.78 is 6.33. The second-order valence-electron chi connectivity index (χ2n) is 9.50. The van der Waals surface area contributed by atoms with Gasteiger partial charge in [0.25, 0.3) is 5.91 Å². The first-order chi connectivity index (χ1) is 17.4. The quantitative estimate of drug-likeness (QED) is 0.550. The van der Waals surface area contributed by atoms with E-state index in [0.717, 1.165) is 16.7 Å². The summed E-state index contributed by atoms with van der Waals surface area (Å²) in [5, 5.41) is 9.86. The summed E-state index contributed by atoms with van der Waals surface area (Å²) in [4.78, 5) is 34.4. The number of ether oxygens (including phenoxy) is 1. The molecule has 0 radical (unpaired) electrons. The lowest BCUT2D eigenvalue weighted by atomic mass is 9.99. The van der Waals surface area contributed by atoms with Gasteiger partial charge in [-0.3, -0.25) is 9.59 Å². The van der Waals surface area contributed by atoms with Crippen LogP contribution in [-0.4, -0.2) is 70.6 Å². The molecule has 0 bridgehead atoms. The lowest BCUT2D eigenvalue weighted by Gasteiger charge is -2.37. The molecule has 0 saturated carbocycles. The van der Waals surface area contributed by atoms with Crippen LogP contribution in [0.25, 0.3) is 11.1 Å². The van der Waals surface area contributed by atoms with E-state index in [4.69, 9.17) is 4.74 Å². The molecule has 36 heavy (non-hydrogen) atoms. The number of benzene rings is 2. The van der Waals surface area contributed by atoms with Crippen LogP contribution < -0.4 is 4.74 Å². The van der Waals surface area contributed by atoms with Gasteiger partial charge in [0.05, 0.1) is 25.6 Å². The number of carbonyl (C=O) groups is 2. The molecule has 188 valence electrons. The largest absolute Gasteiger partial charge is 0.472 e. The first-order valence-electron chi connectivity index (χ1n) is 12.3. The van der Waals surface area contributed by atoms with Crippen molar-refractivity contribution >= 4 is 11.8 Å². The molecule has 0 spiro atoms. The Morgan fingerprint density at radius 3 is 2.47 bits per heavy atom. The Labute approximate surface area is 212 Å². The number of nitrogens with zero attached hydrogens (tertiary/aromatic N) is 3. The topological polar surface area (TPSA) is 83.0 Å². The Morgan fingerprint density at radius 2 is 1.81 bits per heavy atom. The molecule has 1 aromatic heterocycles. The summed E-state index contributed by atoms with van der Waals surface area (Å²) in [6.07, 6.45) is 1.62. The van der Waals surface area contributed by atoms with E-state index in [0.29, 0.717) is 25.1 Å². The Kier molecular flexibility index (Phi) is 8.00. The number of aromatic nitrogens is 1. The Morgan fingerprint density at radius 1 is 1.14 bits per heavy atom. The Balaban J connectivity index is 1.62. The van der Waals surface area contributed by atoms with Crippen molar-refractivity contribution in [3.8, 4) is 17.0 Å². The molecule has 4 rings (SSSR count). The highest BCUT2D eigenvalue weighted by Crippen LogP contribution is 2.30. The van der Waals surface area contributed by atoms with Gasteiger partial charge in [-0.1, -0.05) is 67.6 Å². The maximum atomic E-state index is 13.6. The van der Waals surface area contributed by atoms with Crippen LogP contribution in [0.4, 0.5) is 0 Å². The van der Waals surface area contributed by atoms with Crippen LogP contribution in [0.5, 0.6) is 5.88 Å². The molecule has 0 aliphatic carbocycles. The van der Waals surface area contributed by atoms with Gasteiger partial charge in [0.1, 0.15) is 11.7 Å². The second-order valence-corrected chi connectivity index (χ2v) is 9.50. The minimum Gasteiger partial charge on any atom is -0.472 e. The Hall–Kier alpha value is -3.71. The fraction of sp³-hybridized carbons (Fsp3) is 0.345. The molecule has 1 N–H and O–H groups in total. The van der Waals surface area contributed by atoms with Crippen molar-refractivity contribution in [2.45, 2.75) is 32.4 Å². The van der Waals surface area contributed by atoms with E-state index < -0.39 is 0 Å². The molecule has 0 unspecified atom stereocenters. The summed E-state index contributed by atoms with van der Waals surface area (Å²) >= 11 is 0. The molecule has 3 aromatic rings. The second kappa shape index (κ2) is 11.4. The van der Waals surface area contributed by atoms with Gasteiger partial charge in [0.2, 0.25) is 11.8 Å². The summed E-state index contributed by atoms with van der Waals surface area (Å²) in [6.45, 7) is 4.41. The van der Waals surface area contributed by atoms with Crippen LogP contribution in [0, 0.1) is 5.92 Å². The first-order valence-corrected chi connectivity index (χ1v) is 12.3. The summed E-state index contributed by atoms with van der Waals surface area (Å²) in [7, 11) is 1.77. The van der Waals surface area contributed by atoms with Gasteiger partial charge in [0, 0.05) is 31.3 Å². The van der Waals surface area contributed by atoms with Crippen molar-refractivity contribution in [1.29, 1.82) is 0 Å². The van der Waals surface area contributed by atoms with Gasteiger partial charge in [0.15, 0.2) is 0 Å². The number of aliphatic hydroxyl groups is 1. The van der Waals surface area contributed by atoms with Crippen molar-refractivity contribution in [2.24, 2.45) is 5.92 Å². The number of aliphatic hydroxyl groups excluding tert-OH is 1. The van der Waals surface area contributed by atoms with Gasteiger partial charge in [-0.25, -0.2) is 4.98 Å². The monoisotopic (exact) mass is 487 g/mol. The SMILES string of the molecule is C[C@@H]1CN([C@H](C)CO)C(=O)c2cc(-c3ccccc3)cnc2O[C@@H]1CN(C)C(=O)Cc1ccccc1. The number of carbonyl (C=O) groups excluding carboxylic acids is 2. The minimum absolute atomic E-state index is 0.0108. The summed E-state index contributed by atoms with van der Waals surface area (Å²) in [6, 6.07) is 20.8. The van der Waals surface area contributed by atoms with Gasteiger partial charge in [-0.2, -0.15) is 0 Å². The molecular formula is C29H33N3O4. The Bertz CT molecular complexity index is 1190. The van der Waals surface area contributed by atoms with E-state index >= 15 is 0 Å². The van der Waals surface area contributed by atoms with Crippen molar-refractivity contribution in [1.82, 2.24) is 14.8 Å². The van der Waals surface area contributed by atoms with Gasteiger partial charge in [-0.15, -0.1) is 0 Å². The standard InChI is InChI=1S/C29H33N3O4/c1-20-17-32(21(2)19-33)29(35)25-15-24(23-12-8-5-9-13-23)16-30-28(25)36-26(20)18-31(3)27(34)14-22-10-6-4-7-11-22/h4-13,15-16,20-21,26,33H,14,17-19H2,1-3H3/t20-,21-,26-/m1/s1. The fourth-order valence-corrected chi connectivity index (χ4v) is 4.39. The molecule has 1 aliphatic heterocycles. The highest BCUT2D eigenvalue weighted by atomic mass is 16.5. The van der Waals surface area contributed by atoms with E-state index in [2.05, 4.69) is 4.98 Å². The molecule has 2 aromatic carbocycles. The number of fused-ring (bicyclic) bond motifs is 1. The van der Waals surface area contributed by atoms with Crippen LogP contribution in [0.1, 0.15) is 29.8 Å². The third-order valence-electron chi connectivity index (χ3n) is 6.71. The molecule has 0 fully saturated rings. The molecule has 2 amide bonds. The summed E-state index contributed by atoms with van der Waals surface area (Å²) in [5.41, 5.74) is 3.06. The number of likely N-dealkylation sites (N-methyl/N-ethyl adjacent to an activating group) is 1. The normalized spacial score (nSPS) is 18.4. The van der Waals surface area contributed by atoms with Gasteiger partial charge in [-0.05, 0) is 24.1 Å². The van der Waals surface area contributed by atoms with Crippen molar-refractivity contribution in [3.63, 3.8) is 0 Å². The average Bonchev–Trinajstić information content (AvgIpc) is 2.91. The van der Waals surface area contributed by atoms with E-state index in [-0.39, 0.29) is 42.4 Å². The lowest BCUT2D eigenvalue weighted by Crippen LogP contribution is -2.50. The van der Waals surface area contributed by atoms with E-state index in [1.54, 1.807) is 29.1 Å². The maximum absolute atomic E-state index is 13.6. The third-order valence-corrected chi connectivity index (χ3v) is 6.71. The zero-order chi connectivity index (χ0) is 25.7. The molecule has 0 saturated heterocycles. The first kappa shape index (κ1) is 25.4. The number of amides is 2. The molecule has 3 atom stereocenters. The van der Waals surface area contributed by atoms with Crippen LogP contribution in [0.15, 0.2) is 72.9 Å². The van der Waals surface area contributed by atoms with Crippen LogP contribution in [0.3, 0.4) is 0 Å². The minimum atomic E-state index is -0.384. The molecule has 7 heteroatoms. The van der Waals surface area contributed by atoms with Gasteiger partial charge < -0.3 is 19.6 Å². The highest BCUT2D eigenvalue weighted by molar-refractivity contribution is 5.98. The number of hydrogen-bond acceptors (Lipinski definition) is 5. The summed E-state index contributed by atoms with van der Waals surface area (Å²) in [5.74, 6) is -0.0899. The average molecular weight is 488 g/mol. The highest BCUT2D eigenvalue weighted by Gasteiger charge is 2.34. The molecule has 1 aliphatic rings. The number of rotatable bonds is 7. The van der Waals surface area contributed by atoms with Crippen molar-refractivity contribution < 1.29 is 19.4 Å². The molecule has 7 nitrogen and oxygen atoms in total. The molecular weight excluding hydrogens is 454 g/mol. The fourth-order valence-electron chi connectivity index (χ4n) is 4.39. The van der Waals surface area contributed by atoms with E-state index in [1.807, 2.05) is 74.5 Å². The van der Waals surface area contributed by atoms with E-state index in [9.17, 15) is 14.7 Å². The maximum Gasteiger partial charge on any atom is 0.259 e. The van der Waals surface area contributed by atoms with Crippen LogP contribution in [-0.2, 0) is 11.2 Å². The smallest absolute Gasteiger partial charge is 0.259 e. The lowest BCUT2D eigenvalue weighted by molar-refractivity contribution is -0.130. The predicted octanol–water partition coefficient (Wildman–Crippen LogP) is 3.67. The van der Waals surface area contributed by atoms with E-state index in [1.165, 1.54) is 0 Å². The van der Waals surface area contributed by atoms with Gasteiger partial charge >= 0.3 is 0 Å². The number of pyridine rings is 1.